The van der Waals surface area contributed by atoms with Gasteiger partial charge in [0.1, 0.15) is 5.75 Å². The van der Waals surface area contributed by atoms with Crippen LogP contribution in [0.15, 0.2) is 51.2 Å². The van der Waals surface area contributed by atoms with Crippen molar-refractivity contribution >= 4 is 33.9 Å². The molecule has 0 saturated heterocycles. The first kappa shape index (κ1) is 21.4. The molecule has 0 bridgehead atoms. The Morgan fingerprint density at radius 1 is 1.28 bits per heavy atom. The maximum Gasteiger partial charge on any atom is 0.340 e. The molecule has 1 aromatic carbocycles. The second-order valence-electron chi connectivity index (χ2n) is 7.21. The van der Waals surface area contributed by atoms with Crippen molar-refractivity contribution in [2.24, 2.45) is 0 Å². The van der Waals surface area contributed by atoms with Crippen LogP contribution < -0.4 is 4.74 Å². The zero-order valence-corrected chi connectivity index (χ0v) is 18.7. The lowest BCUT2D eigenvalue weighted by Gasteiger charge is -2.20. The number of ether oxygens (including phenoxy) is 2. The molecule has 5 nitrogen and oxygen atoms in total. The SMILES string of the molecule is COC(=O)C1=C(C)N(CCC2=CCCCC2)C(=O)/C1=C\c1cc(Br)ccc1OC. The van der Waals surface area contributed by atoms with Crippen LogP contribution in [-0.2, 0) is 14.3 Å². The molecule has 0 N–H and O–H groups in total. The molecular formula is C23H26BrNO4. The number of esters is 1. The Balaban J connectivity index is 1.96. The van der Waals surface area contributed by atoms with E-state index in [4.69, 9.17) is 9.47 Å². The van der Waals surface area contributed by atoms with Crippen LogP contribution in [0.4, 0.5) is 0 Å². The van der Waals surface area contributed by atoms with Crippen LogP contribution in [0.25, 0.3) is 6.08 Å². The molecule has 3 rings (SSSR count). The third-order valence-corrected chi connectivity index (χ3v) is 5.93. The van der Waals surface area contributed by atoms with Crippen LogP contribution in [-0.4, -0.2) is 37.5 Å². The first-order valence-electron chi connectivity index (χ1n) is 9.80. The van der Waals surface area contributed by atoms with Crippen molar-refractivity contribution < 1.29 is 19.1 Å². The second-order valence-corrected chi connectivity index (χ2v) is 8.13. The fourth-order valence-corrected chi connectivity index (χ4v) is 4.24. The average molecular weight is 460 g/mol. The van der Waals surface area contributed by atoms with Gasteiger partial charge in [-0.05, 0) is 63.3 Å². The number of carbonyl (C=O) groups is 2. The van der Waals surface area contributed by atoms with Gasteiger partial charge < -0.3 is 14.4 Å². The Labute approximate surface area is 180 Å². The number of amides is 1. The Hall–Kier alpha value is -2.34. The maximum atomic E-state index is 13.2. The first-order chi connectivity index (χ1) is 14.0. The molecule has 0 atom stereocenters. The highest BCUT2D eigenvalue weighted by molar-refractivity contribution is 9.10. The van der Waals surface area contributed by atoms with Gasteiger partial charge in [-0.25, -0.2) is 4.79 Å². The number of carbonyl (C=O) groups excluding carboxylic acids is 2. The fraction of sp³-hybridized carbons (Fsp3) is 0.391. The van der Waals surface area contributed by atoms with Crippen molar-refractivity contribution in [1.29, 1.82) is 0 Å². The topological polar surface area (TPSA) is 55.8 Å². The van der Waals surface area contributed by atoms with E-state index in [1.165, 1.54) is 25.5 Å². The van der Waals surface area contributed by atoms with Gasteiger partial charge >= 0.3 is 5.97 Å². The molecular weight excluding hydrogens is 434 g/mol. The standard InChI is InChI=1S/C23H26BrNO4/c1-15-21(23(27)29-3)19(14-17-13-18(24)9-10-20(17)28-2)22(26)25(15)12-11-16-7-5-4-6-8-16/h7,9-10,13-14H,4-6,8,11-12H2,1-3H3/b19-14-. The lowest BCUT2D eigenvalue weighted by atomic mass is 9.97. The zero-order chi connectivity index (χ0) is 21.0. The van der Waals surface area contributed by atoms with E-state index in [9.17, 15) is 9.59 Å². The van der Waals surface area contributed by atoms with E-state index < -0.39 is 5.97 Å². The molecule has 0 unspecified atom stereocenters. The molecule has 2 aliphatic rings. The van der Waals surface area contributed by atoms with Gasteiger partial charge in [0.15, 0.2) is 0 Å². The Bertz CT molecular complexity index is 913. The van der Waals surface area contributed by atoms with E-state index in [0.29, 0.717) is 29.1 Å². The highest BCUT2D eigenvalue weighted by atomic mass is 79.9. The predicted molar refractivity (Wildman–Crippen MR) is 116 cm³/mol. The Morgan fingerprint density at radius 3 is 2.72 bits per heavy atom. The third kappa shape index (κ3) is 4.64. The summed E-state index contributed by atoms with van der Waals surface area (Å²) in [6.45, 7) is 2.36. The molecule has 0 saturated carbocycles. The molecule has 0 spiro atoms. The van der Waals surface area contributed by atoms with Crippen molar-refractivity contribution in [3.63, 3.8) is 0 Å². The Morgan fingerprint density at radius 2 is 2.07 bits per heavy atom. The molecule has 6 heteroatoms. The van der Waals surface area contributed by atoms with Gasteiger partial charge in [-0.15, -0.1) is 0 Å². The van der Waals surface area contributed by atoms with Gasteiger partial charge in [0, 0.05) is 22.3 Å². The third-order valence-electron chi connectivity index (χ3n) is 5.43. The average Bonchev–Trinajstić information content (AvgIpc) is 2.96. The first-order valence-corrected chi connectivity index (χ1v) is 10.6. The molecule has 1 aliphatic heterocycles. The molecule has 29 heavy (non-hydrogen) atoms. The van der Waals surface area contributed by atoms with Crippen LogP contribution in [0.1, 0.15) is 44.6 Å². The van der Waals surface area contributed by atoms with Gasteiger partial charge in [-0.1, -0.05) is 27.6 Å². The Kier molecular flexibility index (Phi) is 6.96. The van der Waals surface area contributed by atoms with Crippen LogP contribution in [0.3, 0.4) is 0 Å². The second kappa shape index (κ2) is 9.44. The van der Waals surface area contributed by atoms with E-state index in [2.05, 4.69) is 22.0 Å². The smallest absolute Gasteiger partial charge is 0.340 e. The summed E-state index contributed by atoms with van der Waals surface area (Å²) in [4.78, 5) is 27.4. The van der Waals surface area contributed by atoms with E-state index >= 15 is 0 Å². The summed E-state index contributed by atoms with van der Waals surface area (Å²) >= 11 is 3.45. The lowest BCUT2D eigenvalue weighted by molar-refractivity contribution is -0.136. The van der Waals surface area contributed by atoms with Crippen LogP contribution in [0.5, 0.6) is 5.75 Å². The summed E-state index contributed by atoms with van der Waals surface area (Å²) in [7, 11) is 2.91. The molecule has 0 fully saturated rings. The van der Waals surface area contributed by atoms with E-state index in [-0.39, 0.29) is 5.91 Å². The minimum Gasteiger partial charge on any atom is -0.496 e. The van der Waals surface area contributed by atoms with Gasteiger partial charge in [0.2, 0.25) is 0 Å². The molecule has 1 aromatic rings. The number of hydrogen-bond donors (Lipinski definition) is 0. The monoisotopic (exact) mass is 459 g/mol. The quantitative estimate of drug-likeness (QED) is 0.340. The van der Waals surface area contributed by atoms with Crippen LogP contribution >= 0.6 is 15.9 Å². The number of halogens is 1. The molecule has 1 heterocycles. The molecule has 154 valence electrons. The highest BCUT2D eigenvalue weighted by Crippen LogP contribution is 2.35. The van der Waals surface area contributed by atoms with Crippen molar-refractivity contribution in [2.75, 3.05) is 20.8 Å². The van der Waals surface area contributed by atoms with Crippen LogP contribution in [0.2, 0.25) is 0 Å². The maximum absolute atomic E-state index is 13.2. The molecule has 1 aliphatic carbocycles. The summed E-state index contributed by atoms with van der Waals surface area (Å²) in [5, 5.41) is 0. The van der Waals surface area contributed by atoms with Crippen molar-refractivity contribution in [3.05, 3.63) is 56.7 Å². The van der Waals surface area contributed by atoms with Crippen molar-refractivity contribution in [3.8, 4) is 5.75 Å². The fourth-order valence-electron chi connectivity index (χ4n) is 3.86. The molecule has 0 aromatic heterocycles. The van der Waals surface area contributed by atoms with E-state index in [0.717, 1.165) is 29.3 Å². The molecule has 0 radical (unpaired) electrons. The molecule has 1 amide bonds. The zero-order valence-electron chi connectivity index (χ0n) is 17.1. The highest BCUT2D eigenvalue weighted by Gasteiger charge is 2.37. The summed E-state index contributed by atoms with van der Waals surface area (Å²) in [6, 6.07) is 5.54. The van der Waals surface area contributed by atoms with Gasteiger partial charge in [0.25, 0.3) is 5.91 Å². The van der Waals surface area contributed by atoms with Gasteiger partial charge in [-0.2, -0.15) is 0 Å². The lowest BCUT2D eigenvalue weighted by Crippen LogP contribution is -2.26. The number of methoxy groups -OCH3 is 2. The minimum absolute atomic E-state index is 0.179. The van der Waals surface area contributed by atoms with Crippen molar-refractivity contribution in [2.45, 2.75) is 39.0 Å². The summed E-state index contributed by atoms with van der Waals surface area (Å²) in [6.07, 6.45) is 9.46. The van der Waals surface area contributed by atoms with Crippen LogP contribution in [0, 0.1) is 0 Å². The largest absolute Gasteiger partial charge is 0.496 e. The normalized spacial score (nSPS) is 18.3. The van der Waals surface area contributed by atoms with Gasteiger partial charge in [-0.3, -0.25) is 4.79 Å². The minimum atomic E-state index is -0.504. The predicted octanol–water partition coefficient (Wildman–Crippen LogP) is 5.02. The number of benzene rings is 1. The number of nitrogens with zero attached hydrogens (tertiary/aromatic N) is 1. The van der Waals surface area contributed by atoms with Gasteiger partial charge in [0.05, 0.1) is 25.4 Å². The summed E-state index contributed by atoms with van der Waals surface area (Å²) < 4.78 is 11.3. The van der Waals surface area contributed by atoms with E-state index in [1.807, 2.05) is 18.2 Å². The number of rotatable bonds is 6. The number of allylic oxidation sites excluding steroid dienone is 2. The summed E-state index contributed by atoms with van der Waals surface area (Å²) in [5.41, 5.74) is 3.40. The summed E-state index contributed by atoms with van der Waals surface area (Å²) in [5.74, 6) is -0.0574. The number of hydrogen-bond acceptors (Lipinski definition) is 4. The van der Waals surface area contributed by atoms with Crippen molar-refractivity contribution in [1.82, 2.24) is 4.90 Å². The van der Waals surface area contributed by atoms with E-state index in [1.54, 1.807) is 25.0 Å².